The van der Waals surface area contributed by atoms with E-state index in [0.717, 1.165) is 19.2 Å². The predicted octanol–water partition coefficient (Wildman–Crippen LogP) is 3.01. The Morgan fingerprint density at radius 3 is 2.24 bits per heavy atom. The first-order valence-electron chi connectivity index (χ1n) is 4.48. The minimum Gasteiger partial charge on any atom is -0.496 e. The van der Waals surface area contributed by atoms with E-state index in [9.17, 15) is 22.0 Å². The zero-order valence-electron chi connectivity index (χ0n) is 8.63. The Morgan fingerprint density at radius 2 is 1.82 bits per heavy atom. The first-order valence-corrected chi connectivity index (χ1v) is 4.48. The van der Waals surface area contributed by atoms with Gasteiger partial charge in [-0.3, -0.25) is 0 Å². The Hall–Kier alpha value is -1.37. The summed E-state index contributed by atoms with van der Waals surface area (Å²) in [5.41, 5.74) is -1.70. The van der Waals surface area contributed by atoms with Gasteiger partial charge < -0.3 is 9.84 Å². The maximum absolute atomic E-state index is 12.5. The normalized spacial score (nSPS) is 13.9. The summed E-state index contributed by atoms with van der Waals surface area (Å²) in [7, 11) is 1.04. The van der Waals surface area contributed by atoms with Gasteiger partial charge in [0.05, 0.1) is 12.7 Å². The van der Waals surface area contributed by atoms with Gasteiger partial charge in [-0.15, -0.1) is 0 Å². The van der Waals surface area contributed by atoms with Gasteiger partial charge in [-0.05, 0) is 17.7 Å². The summed E-state index contributed by atoms with van der Waals surface area (Å²) in [6.45, 7) is 0. The fourth-order valence-corrected chi connectivity index (χ4v) is 1.28. The predicted molar refractivity (Wildman–Crippen MR) is 49.0 cm³/mol. The first kappa shape index (κ1) is 13.7. The van der Waals surface area contributed by atoms with Crippen molar-refractivity contribution in [2.75, 3.05) is 7.11 Å². The molecule has 0 aliphatic heterocycles. The van der Waals surface area contributed by atoms with Gasteiger partial charge in [0.2, 0.25) is 0 Å². The molecule has 0 saturated heterocycles. The number of aliphatic hydroxyl groups excluding tert-OH is 1. The molecule has 0 aromatic heterocycles. The van der Waals surface area contributed by atoms with Gasteiger partial charge in [-0.1, -0.05) is 6.07 Å². The second-order valence-electron chi connectivity index (χ2n) is 3.24. The molecular formula is C10H9F5O2. The van der Waals surface area contributed by atoms with Gasteiger partial charge >= 0.3 is 6.18 Å². The van der Waals surface area contributed by atoms with E-state index in [0.29, 0.717) is 6.07 Å². The number of methoxy groups -OCH3 is 1. The molecule has 17 heavy (non-hydrogen) atoms. The number of halogens is 5. The Labute approximate surface area is 93.6 Å². The lowest BCUT2D eigenvalue weighted by atomic mass is 10.0. The van der Waals surface area contributed by atoms with Crippen LogP contribution in [-0.4, -0.2) is 18.6 Å². The molecule has 1 rings (SSSR count). The molecule has 1 unspecified atom stereocenters. The van der Waals surface area contributed by atoms with Crippen LogP contribution in [0, 0.1) is 0 Å². The topological polar surface area (TPSA) is 29.5 Å². The molecule has 0 saturated carbocycles. The first-order chi connectivity index (χ1) is 7.77. The molecule has 1 atom stereocenters. The second-order valence-corrected chi connectivity index (χ2v) is 3.24. The summed E-state index contributed by atoms with van der Waals surface area (Å²) in [6.07, 6.45) is -10.1. The molecule has 2 nitrogen and oxygen atoms in total. The molecule has 0 radical (unpaired) electrons. The SMILES string of the molecule is COc1ccc(C(O)C(F)F)cc1C(F)(F)F. The van der Waals surface area contributed by atoms with Crippen molar-refractivity contribution < 1.29 is 31.8 Å². The van der Waals surface area contributed by atoms with Crippen molar-refractivity contribution in [3.63, 3.8) is 0 Å². The molecule has 0 fully saturated rings. The monoisotopic (exact) mass is 256 g/mol. The third kappa shape index (κ3) is 3.06. The van der Waals surface area contributed by atoms with E-state index in [1.807, 2.05) is 0 Å². The Bertz CT molecular complexity index is 389. The van der Waals surface area contributed by atoms with Gasteiger partial charge in [0.25, 0.3) is 6.43 Å². The van der Waals surface area contributed by atoms with E-state index in [1.165, 1.54) is 0 Å². The van der Waals surface area contributed by atoms with Crippen molar-refractivity contribution in [3.05, 3.63) is 29.3 Å². The zero-order valence-corrected chi connectivity index (χ0v) is 8.63. The summed E-state index contributed by atoms with van der Waals surface area (Å²) in [6, 6.07) is 2.31. The van der Waals surface area contributed by atoms with Crippen LogP contribution in [0.5, 0.6) is 5.75 Å². The van der Waals surface area contributed by atoms with Crippen LogP contribution in [0.1, 0.15) is 17.2 Å². The van der Waals surface area contributed by atoms with E-state index in [1.54, 1.807) is 0 Å². The molecule has 0 bridgehead atoms. The van der Waals surface area contributed by atoms with E-state index >= 15 is 0 Å². The van der Waals surface area contributed by atoms with E-state index in [4.69, 9.17) is 5.11 Å². The quantitative estimate of drug-likeness (QED) is 0.842. The lowest BCUT2D eigenvalue weighted by Crippen LogP contribution is -2.12. The number of rotatable bonds is 3. The van der Waals surface area contributed by atoms with Crippen molar-refractivity contribution in [1.82, 2.24) is 0 Å². The van der Waals surface area contributed by atoms with Crippen LogP contribution in [0.25, 0.3) is 0 Å². The fraction of sp³-hybridized carbons (Fsp3) is 0.400. The molecule has 0 aliphatic carbocycles. The highest BCUT2D eigenvalue weighted by atomic mass is 19.4. The lowest BCUT2D eigenvalue weighted by molar-refractivity contribution is -0.139. The van der Waals surface area contributed by atoms with Crippen LogP contribution in [0.4, 0.5) is 22.0 Å². The molecule has 0 amide bonds. The van der Waals surface area contributed by atoms with Crippen molar-refractivity contribution in [3.8, 4) is 5.75 Å². The Morgan fingerprint density at radius 1 is 1.24 bits per heavy atom. The number of ether oxygens (including phenoxy) is 1. The zero-order chi connectivity index (χ0) is 13.2. The maximum atomic E-state index is 12.5. The van der Waals surface area contributed by atoms with E-state index < -0.39 is 35.6 Å². The standard InChI is InChI=1S/C10H9F5O2/c1-17-7-3-2-5(8(16)9(11)12)4-6(7)10(13,14)15/h2-4,8-9,16H,1H3. The highest BCUT2D eigenvalue weighted by molar-refractivity contribution is 5.40. The van der Waals surface area contributed by atoms with Crippen LogP contribution in [0.3, 0.4) is 0 Å². The van der Waals surface area contributed by atoms with Crippen molar-refractivity contribution in [2.45, 2.75) is 18.7 Å². The molecule has 0 heterocycles. The number of aliphatic hydroxyl groups is 1. The second kappa shape index (κ2) is 4.87. The van der Waals surface area contributed by atoms with Crippen molar-refractivity contribution in [1.29, 1.82) is 0 Å². The molecule has 1 N–H and O–H groups in total. The van der Waals surface area contributed by atoms with Crippen LogP contribution in [0.2, 0.25) is 0 Å². The van der Waals surface area contributed by atoms with E-state index in [2.05, 4.69) is 4.74 Å². The van der Waals surface area contributed by atoms with Crippen molar-refractivity contribution >= 4 is 0 Å². The average Bonchev–Trinajstić information content (AvgIpc) is 2.25. The van der Waals surface area contributed by atoms with Crippen LogP contribution < -0.4 is 4.74 Å². The average molecular weight is 256 g/mol. The van der Waals surface area contributed by atoms with E-state index in [-0.39, 0.29) is 0 Å². The smallest absolute Gasteiger partial charge is 0.419 e. The number of alkyl halides is 5. The number of hydrogen-bond donors (Lipinski definition) is 1. The molecule has 1 aromatic carbocycles. The molecule has 0 aliphatic rings. The number of hydrogen-bond acceptors (Lipinski definition) is 2. The summed E-state index contributed by atoms with van der Waals surface area (Å²) < 4.78 is 66.4. The van der Waals surface area contributed by atoms with Gasteiger partial charge in [-0.2, -0.15) is 13.2 Å². The summed E-state index contributed by atoms with van der Waals surface area (Å²) in [4.78, 5) is 0. The van der Waals surface area contributed by atoms with Gasteiger partial charge in [-0.25, -0.2) is 8.78 Å². The van der Waals surface area contributed by atoms with Crippen LogP contribution in [-0.2, 0) is 6.18 Å². The van der Waals surface area contributed by atoms with Gasteiger partial charge in [0.15, 0.2) is 0 Å². The Balaban J connectivity index is 3.23. The minimum absolute atomic E-state index is 0.454. The largest absolute Gasteiger partial charge is 0.496 e. The fourth-order valence-electron chi connectivity index (χ4n) is 1.28. The highest BCUT2D eigenvalue weighted by Gasteiger charge is 2.35. The summed E-state index contributed by atoms with van der Waals surface area (Å²) in [5.74, 6) is -0.484. The summed E-state index contributed by atoms with van der Waals surface area (Å²) >= 11 is 0. The lowest BCUT2D eigenvalue weighted by Gasteiger charge is -2.15. The third-order valence-corrected chi connectivity index (χ3v) is 2.11. The minimum atomic E-state index is -4.73. The molecule has 1 aromatic rings. The number of benzene rings is 1. The molecule has 96 valence electrons. The molecular weight excluding hydrogens is 247 g/mol. The van der Waals surface area contributed by atoms with Gasteiger partial charge in [0, 0.05) is 0 Å². The Kier molecular flexibility index (Phi) is 3.92. The molecule has 7 heteroatoms. The van der Waals surface area contributed by atoms with Crippen LogP contribution in [0.15, 0.2) is 18.2 Å². The summed E-state index contributed by atoms with van der Waals surface area (Å²) in [5, 5.41) is 8.99. The molecule has 0 spiro atoms. The van der Waals surface area contributed by atoms with Crippen molar-refractivity contribution in [2.24, 2.45) is 0 Å². The highest BCUT2D eigenvalue weighted by Crippen LogP contribution is 2.38. The van der Waals surface area contributed by atoms with Crippen LogP contribution >= 0.6 is 0 Å². The maximum Gasteiger partial charge on any atom is 0.419 e. The van der Waals surface area contributed by atoms with Gasteiger partial charge in [0.1, 0.15) is 11.9 Å². The third-order valence-electron chi connectivity index (χ3n) is 2.11.